The lowest BCUT2D eigenvalue weighted by Crippen LogP contribution is -2.30. The molecule has 0 radical (unpaired) electrons. The Morgan fingerprint density at radius 1 is 1.33 bits per heavy atom. The summed E-state index contributed by atoms with van der Waals surface area (Å²) in [5.74, 6) is 5.46. The van der Waals surface area contributed by atoms with Gasteiger partial charge in [-0.1, -0.05) is 13.0 Å². The summed E-state index contributed by atoms with van der Waals surface area (Å²) >= 11 is 0. The molecule has 3 N–H and O–H groups in total. The molecule has 1 heterocycles. The van der Waals surface area contributed by atoms with E-state index in [9.17, 15) is 4.39 Å². The van der Waals surface area contributed by atoms with E-state index in [0.717, 1.165) is 35.5 Å². The number of hydrazine groups is 1. The van der Waals surface area contributed by atoms with Crippen molar-refractivity contribution in [3.8, 4) is 0 Å². The predicted molar refractivity (Wildman–Crippen MR) is 82.2 cm³/mol. The highest BCUT2D eigenvalue weighted by Gasteiger charge is 2.17. The molecule has 0 aliphatic rings. The highest BCUT2D eigenvalue weighted by atomic mass is 19.1. The lowest BCUT2D eigenvalue weighted by molar-refractivity contribution is 0.511. The Bertz CT molecular complexity index is 606. The standard InChI is InChI=1S/C16H23FN4/c1-4-13-9-14(21(5-2)20-13)10-16(19-18)15-8-12(17)7-6-11(15)3/h6-9,16,19H,4-5,10,18H2,1-3H3. The molecule has 21 heavy (non-hydrogen) atoms. The van der Waals surface area contributed by atoms with Crippen molar-refractivity contribution in [3.63, 3.8) is 0 Å². The van der Waals surface area contributed by atoms with E-state index in [0.29, 0.717) is 6.42 Å². The topological polar surface area (TPSA) is 55.9 Å². The predicted octanol–water partition coefficient (Wildman–Crippen LogP) is 2.66. The molecule has 0 saturated carbocycles. The van der Waals surface area contributed by atoms with Crippen molar-refractivity contribution in [2.24, 2.45) is 5.84 Å². The minimum atomic E-state index is -0.242. The van der Waals surface area contributed by atoms with Crippen molar-refractivity contribution < 1.29 is 4.39 Å². The molecule has 0 aliphatic heterocycles. The van der Waals surface area contributed by atoms with Gasteiger partial charge in [-0.25, -0.2) is 4.39 Å². The van der Waals surface area contributed by atoms with Gasteiger partial charge in [-0.2, -0.15) is 5.10 Å². The van der Waals surface area contributed by atoms with Gasteiger partial charge in [-0.3, -0.25) is 16.0 Å². The summed E-state index contributed by atoms with van der Waals surface area (Å²) in [5.41, 5.74) is 6.90. The molecule has 114 valence electrons. The number of hydrogen-bond acceptors (Lipinski definition) is 3. The molecule has 0 aliphatic carbocycles. The molecule has 1 atom stereocenters. The molecular weight excluding hydrogens is 267 g/mol. The monoisotopic (exact) mass is 290 g/mol. The van der Waals surface area contributed by atoms with Crippen LogP contribution in [0.25, 0.3) is 0 Å². The summed E-state index contributed by atoms with van der Waals surface area (Å²) < 4.78 is 15.5. The number of nitrogens with two attached hydrogens (primary N) is 1. The molecule has 1 unspecified atom stereocenters. The Morgan fingerprint density at radius 2 is 2.10 bits per heavy atom. The molecule has 5 heteroatoms. The fourth-order valence-electron chi connectivity index (χ4n) is 2.58. The summed E-state index contributed by atoms with van der Waals surface area (Å²) in [5, 5.41) is 4.54. The van der Waals surface area contributed by atoms with E-state index in [4.69, 9.17) is 5.84 Å². The first kappa shape index (κ1) is 15.7. The average Bonchev–Trinajstić information content (AvgIpc) is 2.89. The summed E-state index contributed by atoms with van der Waals surface area (Å²) in [6.07, 6.45) is 1.58. The fourth-order valence-corrected chi connectivity index (χ4v) is 2.58. The zero-order chi connectivity index (χ0) is 15.4. The Kier molecular flexibility index (Phi) is 5.09. The lowest BCUT2D eigenvalue weighted by Gasteiger charge is -2.19. The third-order valence-corrected chi connectivity index (χ3v) is 3.81. The van der Waals surface area contributed by atoms with Crippen LogP contribution < -0.4 is 11.3 Å². The molecule has 1 aromatic heterocycles. The molecule has 0 amide bonds. The first-order valence-corrected chi connectivity index (χ1v) is 7.36. The number of halogens is 1. The Balaban J connectivity index is 2.30. The fraction of sp³-hybridized carbons (Fsp3) is 0.438. The van der Waals surface area contributed by atoms with Crippen molar-refractivity contribution in [1.82, 2.24) is 15.2 Å². The van der Waals surface area contributed by atoms with Crippen molar-refractivity contribution in [3.05, 3.63) is 52.6 Å². The molecule has 0 spiro atoms. The van der Waals surface area contributed by atoms with Gasteiger partial charge in [0.2, 0.25) is 0 Å². The summed E-state index contributed by atoms with van der Waals surface area (Å²) in [6, 6.07) is 6.77. The van der Waals surface area contributed by atoms with Crippen molar-refractivity contribution in [1.29, 1.82) is 0 Å². The maximum Gasteiger partial charge on any atom is 0.123 e. The summed E-state index contributed by atoms with van der Waals surface area (Å²) in [7, 11) is 0. The van der Waals surface area contributed by atoms with Crippen molar-refractivity contribution in [2.45, 2.75) is 46.2 Å². The highest BCUT2D eigenvalue weighted by Crippen LogP contribution is 2.23. The van der Waals surface area contributed by atoms with Crippen LogP contribution in [0.2, 0.25) is 0 Å². The van der Waals surface area contributed by atoms with Gasteiger partial charge in [-0.05, 0) is 49.6 Å². The zero-order valence-corrected chi connectivity index (χ0v) is 12.9. The van der Waals surface area contributed by atoms with Crippen molar-refractivity contribution in [2.75, 3.05) is 0 Å². The number of aromatic nitrogens is 2. The van der Waals surface area contributed by atoms with Gasteiger partial charge in [0.05, 0.1) is 11.7 Å². The van der Waals surface area contributed by atoms with Crippen LogP contribution in [-0.4, -0.2) is 9.78 Å². The second-order valence-electron chi connectivity index (χ2n) is 5.22. The molecule has 0 fully saturated rings. The van der Waals surface area contributed by atoms with Gasteiger partial charge in [0.15, 0.2) is 0 Å². The number of rotatable bonds is 6. The first-order chi connectivity index (χ1) is 10.1. The number of nitrogens with zero attached hydrogens (tertiary/aromatic N) is 2. The van der Waals surface area contributed by atoms with E-state index in [2.05, 4.69) is 30.4 Å². The van der Waals surface area contributed by atoms with E-state index < -0.39 is 0 Å². The van der Waals surface area contributed by atoms with Crippen LogP contribution in [0.15, 0.2) is 24.3 Å². The van der Waals surface area contributed by atoms with Crippen molar-refractivity contribution >= 4 is 0 Å². The van der Waals surface area contributed by atoms with Gasteiger partial charge >= 0.3 is 0 Å². The van der Waals surface area contributed by atoms with Crippen LogP contribution in [-0.2, 0) is 19.4 Å². The minimum absolute atomic E-state index is 0.132. The minimum Gasteiger partial charge on any atom is -0.271 e. The second-order valence-corrected chi connectivity index (χ2v) is 5.22. The molecule has 2 aromatic rings. The van der Waals surface area contributed by atoms with Gasteiger partial charge < -0.3 is 0 Å². The largest absolute Gasteiger partial charge is 0.271 e. The molecule has 1 aromatic carbocycles. The quantitative estimate of drug-likeness (QED) is 0.635. The van der Waals surface area contributed by atoms with Crippen LogP contribution >= 0.6 is 0 Å². The van der Waals surface area contributed by atoms with E-state index in [-0.39, 0.29) is 11.9 Å². The van der Waals surface area contributed by atoms with Gasteiger partial charge in [0.1, 0.15) is 5.82 Å². The van der Waals surface area contributed by atoms with Gasteiger partial charge in [0.25, 0.3) is 0 Å². The summed E-state index contributed by atoms with van der Waals surface area (Å²) in [6.45, 7) is 6.93. The Morgan fingerprint density at radius 3 is 2.71 bits per heavy atom. The van der Waals surface area contributed by atoms with E-state index in [1.54, 1.807) is 12.1 Å². The van der Waals surface area contributed by atoms with Gasteiger partial charge in [0, 0.05) is 18.7 Å². The van der Waals surface area contributed by atoms with E-state index >= 15 is 0 Å². The smallest absolute Gasteiger partial charge is 0.123 e. The average molecular weight is 290 g/mol. The molecule has 0 bridgehead atoms. The lowest BCUT2D eigenvalue weighted by atomic mass is 9.97. The Hall–Kier alpha value is -1.72. The maximum atomic E-state index is 13.5. The molecule has 4 nitrogen and oxygen atoms in total. The maximum absolute atomic E-state index is 13.5. The van der Waals surface area contributed by atoms with Crippen LogP contribution in [0, 0.1) is 12.7 Å². The SMILES string of the molecule is CCc1cc(CC(NN)c2cc(F)ccc2C)n(CC)n1. The second kappa shape index (κ2) is 6.83. The summed E-state index contributed by atoms with van der Waals surface area (Å²) in [4.78, 5) is 0. The number of benzene rings is 1. The molecule has 0 saturated heterocycles. The zero-order valence-electron chi connectivity index (χ0n) is 12.9. The number of aryl methyl sites for hydroxylation is 3. The third kappa shape index (κ3) is 3.49. The van der Waals surface area contributed by atoms with Crippen LogP contribution in [0.1, 0.15) is 42.4 Å². The first-order valence-electron chi connectivity index (χ1n) is 7.36. The molecular formula is C16H23FN4. The normalized spacial score (nSPS) is 12.6. The Labute approximate surface area is 125 Å². The van der Waals surface area contributed by atoms with Gasteiger partial charge in [-0.15, -0.1) is 0 Å². The number of hydrogen-bond donors (Lipinski definition) is 2. The molecule has 2 rings (SSSR count). The van der Waals surface area contributed by atoms with E-state index in [1.165, 1.54) is 6.07 Å². The highest BCUT2D eigenvalue weighted by molar-refractivity contribution is 5.30. The van der Waals surface area contributed by atoms with E-state index in [1.807, 2.05) is 11.6 Å². The number of nitrogens with one attached hydrogen (secondary N) is 1. The van der Waals surface area contributed by atoms with Crippen LogP contribution in [0.3, 0.4) is 0 Å². The third-order valence-electron chi connectivity index (χ3n) is 3.81. The van der Waals surface area contributed by atoms with Crippen LogP contribution in [0.5, 0.6) is 0 Å². The van der Waals surface area contributed by atoms with Crippen LogP contribution in [0.4, 0.5) is 4.39 Å².